The van der Waals surface area contributed by atoms with Gasteiger partial charge in [0.1, 0.15) is 5.82 Å². The van der Waals surface area contributed by atoms with Crippen molar-refractivity contribution < 1.29 is 9.18 Å². The Hall–Kier alpha value is -2.16. The van der Waals surface area contributed by atoms with E-state index in [1.54, 1.807) is 12.1 Å². The van der Waals surface area contributed by atoms with Gasteiger partial charge in [0.15, 0.2) is 0 Å². The molecule has 0 bridgehead atoms. The van der Waals surface area contributed by atoms with Gasteiger partial charge in [-0.3, -0.25) is 4.79 Å². The van der Waals surface area contributed by atoms with Gasteiger partial charge in [-0.15, -0.1) is 0 Å². The normalized spacial score (nSPS) is 13.8. The maximum atomic E-state index is 12.9. The van der Waals surface area contributed by atoms with Gasteiger partial charge in [0, 0.05) is 18.7 Å². The monoisotopic (exact) mass is 297 g/mol. The SMILES string of the molecule is Cc1ccc2c(c1)CCCN2C(=O)CCc1ccc(F)cc1. The predicted molar refractivity (Wildman–Crippen MR) is 86.6 cm³/mol. The van der Waals surface area contributed by atoms with Gasteiger partial charge in [-0.1, -0.05) is 29.8 Å². The molecule has 2 aromatic carbocycles. The van der Waals surface area contributed by atoms with Crippen molar-refractivity contribution in [2.75, 3.05) is 11.4 Å². The van der Waals surface area contributed by atoms with Crippen LogP contribution in [0.1, 0.15) is 29.5 Å². The topological polar surface area (TPSA) is 20.3 Å². The van der Waals surface area contributed by atoms with Crippen LogP contribution in [0.5, 0.6) is 0 Å². The summed E-state index contributed by atoms with van der Waals surface area (Å²) in [4.78, 5) is 14.4. The van der Waals surface area contributed by atoms with Crippen molar-refractivity contribution in [3.8, 4) is 0 Å². The van der Waals surface area contributed by atoms with Gasteiger partial charge < -0.3 is 4.90 Å². The van der Waals surface area contributed by atoms with Crippen molar-refractivity contribution in [3.63, 3.8) is 0 Å². The van der Waals surface area contributed by atoms with Crippen molar-refractivity contribution in [1.29, 1.82) is 0 Å². The lowest BCUT2D eigenvalue weighted by Gasteiger charge is -2.30. The quantitative estimate of drug-likeness (QED) is 0.837. The van der Waals surface area contributed by atoms with Crippen LogP contribution in [-0.4, -0.2) is 12.5 Å². The molecule has 0 N–H and O–H groups in total. The van der Waals surface area contributed by atoms with Crippen molar-refractivity contribution >= 4 is 11.6 Å². The van der Waals surface area contributed by atoms with Crippen LogP contribution in [0.2, 0.25) is 0 Å². The van der Waals surface area contributed by atoms with Crippen LogP contribution in [0.4, 0.5) is 10.1 Å². The summed E-state index contributed by atoms with van der Waals surface area (Å²) in [5, 5.41) is 0. The first-order valence-electron chi connectivity index (χ1n) is 7.78. The van der Waals surface area contributed by atoms with Gasteiger partial charge in [-0.05, 0) is 55.5 Å². The fraction of sp³-hybridized carbons (Fsp3) is 0.316. The van der Waals surface area contributed by atoms with Crippen molar-refractivity contribution in [3.05, 3.63) is 65.0 Å². The van der Waals surface area contributed by atoms with E-state index in [9.17, 15) is 9.18 Å². The number of benzene rings is 2. The standard InChI is InChI=1S/C19H20FNO/c1-14-4-10-18-16(13-14)3-2-12-21(18)19(22)11-7-15-5-8-17(20)9-6-15/h4-6,8-10,13H,2-3,7,11-12H2,1H3. The van der Waals surface area contributed by atoms with E-state index in [0.717, 1.165) is 30.6 Å². The fourth-order valence-electron chi connectivity index (χ4n) is 3.02. The summed E-state index contributed by atoms with van der Waals surface area (Å²) in [5.74, 6) is -0.0930. The molecule has 0 aromatic heterocycles. The molecule has 0 unspecified atom stereocenters. The third kappa shape index (κ3) is 3.19. The molecule has 0 saturated carbocycles. The summed E-state index contributed by atoms with van der Waals surface area (Å²) in [5.41, 5.74) is 4.55. The van der Waals surface area contributed by atoms with Crippen molar-refractivity contribution in [2.45, 2.75) is 32.6 Å². The molecule has 1 heterocycles. The second kappa shape index (κ2) is 6.30. The van der Waals surface area contributed by atoms with Gasteiger partial charge in [0.05, 0.1) is 0 Å². The highest BCUT2D eigenvalue weighted by molar-refractivity contribution is 5.94. The van der Waals surface area contributed by atoms with E-state index < -0.39 is 0 Å². The number of hydrogen-bond acceptors (Lipinski definition) is 1. The average Bonchev–Trinajstić information content (AvgIpc) is 2.53. The second-order valence-electron chi connectivity index (χ2n) is 5.91. The Morgan fingerprint density at radius 2 is 1.95 bits per heavy atom. The molecule has 0 saturated heterocycles. The van der Waals surface area contributed by atoms with E-state index in [-0.39, 0.29) is 11.7 Å². The molecule has 1 aliphatic rings. The Labute approximate surface area is 130 Å². The molecule has 0 aliphatic carbocycles. The summed E-state index contributed by atoms with van der Waals surface area (Å²) in [6.07, 6.45) is 3.16. The molecule has 2 nitrogen and oxygen atoms in total. The maximum Gasteiger partial charge on any atom is 0.227 e. The van der Waals surface area contributed by atoms with Gasteiger partial charge in [-0.2, -0.15) is 0 Å². The number of amides is 1. The highest BCUT2D eigenvalue weighted by Gasteiger charge is 2.22. The van der Waals surface area contributed by atoms with E-state index in [0.29, 0.717) is 12.8 Å². The molecule has 22 heavy (non-hydrogen) atoms. The second-order valence-corrected chi connectivity index (χ2v) is 5.91. The van der Waals surface area contributed by atoms with Crippen LogP contribution in [0, 0.1) is 12.7 Å². The number of carbonyl (C=O) groups is 1. The molecule has 0 fully saturated rings. The minimum atomic E-state index is -0.240. The summed E-state index contributed by atoms with van der Waals surface area (Å²) >= 11 is 0. The number of fused-ring (bicyclic) bond motifs is 1. The van der Waals surface area contributed by atoms with E-state index >= 15 is 0 Å². The number of nitrogens with zero attached hydrogens (tertiary/aromatic N) is 1. The van der Waals surface area contributed by atoms with Crippen LogP contribution >= 0.6 is 0 Å². The number of hydrogen-bond donors (Lipinski definition) is 0. The molecular weight excluding hydrogens is 277 g/mol. The Bertz CT molecular complexity index is 678. The minimum Gasteiger partial charge on any atom is -0.312 e. The summed E-state index contributed by atoms with van der Waals surface area (Å²) in [7, 11) is 0. The van der Waals surface area contributed by atoms with Crippen LogP contribution in [0.15, 0.2) is 42.5 Å². The molecule has 1 aliphatic heterocycles. The molecule has 0 spiro atoms. The predicted octanol–water partition coefficient (Wildman–Crippen LogP) is 4.05. The first-order valence-corrected chi connectivity index (χ1v) is 7.78. The maximum absolute atomic E-state index is 12.9. The Morgan fingerprint density at radius 3 is 2.73 bits per heavy atom. The van der Waals surface area contributed by atoms with Gasteiger partial charge >= 0.3 is 0 Å². The number of carbonyl (C=O) groups excluding carboxylic acids is 1. The third-order valence-electron chi connectivity index (χ3n) is 4.20. The summed E-state index contributed by atoms with van der Waals surface area (Å²) in [6, 6.07) is 12.7. The molecular formula is C19H20FNO. The molecule has 114 valence electrons. The molecule has 3 rings (SSSR count). The van der Waals surface area contributed by atoms with Gasteiger partial charge in [-0.25, -0.2) is 4.39 Å². The number of anilines is 1. The van der Waals surface area contributed by atoms with Crippen LogP contribution in [0.25, 0.3) is 0 Å². The zero-order valence-corrected chi connectivity index (χ0v) is 12.8. The number of rotatable bonds is 3. The lowest BCUT2D eigenvalue weighted by atomic mass is 9.99. The fourth-order valence-corrected chi connectivity index (χ4v) is 3.02. The molecule has 0 radical (unpaired) electrons. The zero-order valence-electron chi connectivity index (χ0n) is 12.8. The lowest BCUT2D eigenvalue weighted by Crippen LogP contribution is -2.35. The highest BCUT2D eigenvalue weighted by Crippen LogP contribution is 2.28. The van der Waals surface area contributed by atoms with Gasteiger partial charge in [0.25, 0.3) is 0 Å². The zero-order chi connectivity index (χ0) is 15.5. The number of halogens is 1. The Balaban J connectivity index is 1.70. The molecule has 1 amide bonds. The van der Waals surface area contributed by atoms with E-state index in [1.807, 2.05) is 4.90 Å². The Kier molecular flexibility index (Phi) is 4.23. The van der Waals surface area contributed by atoms with Crippen LogP contribution < -0.4 is 4.90 Å². The van der Waals surface area contributed by atoms with Crippen molar-refractivity contribution in [1.82, 2.24) is 0 Å². The van der Waals surface area contributed by atoms with Crippen LogP contribution in [-0.2, 0) is 17.6 Å². The smallest absolute Gasteiger partial charge is 0.227 e. The van der Waals surface area contributed by atoms with Gasteiger partial charge in [0.2, 0.25) is 5.91 Å². The molecule has 2 aromatic rings. The van der Waals surface area contributed by atoms with E-state index in [4.69, 9.17) is 0 Å². The largest absolute Gasteiger partial charge is 0.312 e. The molecule has 0 atom stereocenters. The van der Waals surface area contributed by atoms with E-state index in [2.05, 4.69) is 25.1 Å². The first kappa shape index (κ1) is 14.8. The third-order valence-corrected chi connectivity index (χ3v) is 4.20. The Morgan fingerprint density at radius 1 is 1.18 bits per heavy atom. The first-order chi connectivity index (χ1) is 10.6. The number of aryl methyl sites for hydroxylation is 3. The summed E-state index contributed by atoms with van der Waals surface area (Å²) < 4.78 is 12.9. The molecule has 3 heteroatoms. The van der Waals surface area contributed by atoms with Crippen LogP contribution in [0.3, 0.4) is 0 Å². The average molecular weight is 297 g/mol. The van der Waals surface area contributed by atoms with Crippen molar-refractivity contribution in [2.24, 2.45) is 0 Å². The lowest BCUT2D eigenvalue weighted by molar-refractivity contribution is -0.118. The highest BCUT2D eigenvalue weighted by atomic mass is 19.1. The minimum absolute atomic E-state index is 0.147. The summed E-state index contributed by atoms with van der Waals surface area (Å²) in [6.45, 7) is 2.87. The van der Waals surface area contributed by atoms with E-state index in [1.165, 1.54) is 23.3 Å².